The van der Waals surface area contributed by atoms with Gasteiger partial charge in [0.1, 0.15) is 0 Å². The first kappa shape index (κ1) is 15.3. The summed E-state index contributed by atoms with van der Waals surface area (Å²) in [5, 5.41) is 2.76. The summed E-state index contributed by atoms with van der Waals surface area (Å²) in [5.41, 5.74) is 0. The Bertz CT molecular complexity index is 476. The first-order valence-electron chi connectivity index (χ1n) is 7.13. The molecule has 0 aromatic carbocycles. The summed E-state index contributed by atoms with van der Waals surface area (Å²) in [6.07, 6.45) is 3.64. The molecule has 1 saturated heterocycles. The van der Waals surface area contributed by atoms with Gasteiger partial charge in [-0.25, -0.2) is 0 Å². The topological polar surface area (TPSA) is 65.8 Å². The molecule has 1 N–H and O–H groups in total. The predicted octanol–water partition coefficient (Wildman–Crippen LogP) is 0.730. The van der Waals surface area contributed by atoms with Gasteiger partial charge in [0.25, 0.3) is 5.91 Å². The lowest BCUT2D eigenvalue weighted by Crippen LogP contribution is -2.49. The molecule has 2 rings (SSSR count). The van der Waals surface area contributed by atoms with Gasteiger partial charge in [-0.15, -0.1) is 6.58 Å². The zero-order chi connectivity index (χ0) is 15.1. The Balaban J connectivity index is 1.70. The minimum atomic E-state index is -0.0663. The zero-order valence-electron chi connectivity index (χ0n) is 12.1. The van der Waals surface area contributed by atoms with Crippen LogP contribution in [-0.4, -0.2) is 60.9 Å². The second-order valence-corrected chi connectivity index (χ2v) is 4.95. The average molecular weight is 291 g/mol. The van der Waals surface area contributed by atoms with Crippen LogP contribution in [0, 0.1) is 0 Å². The predicted molar refractivity (Wildman–Crippen MR) is 78.9 cm³/mol. The lowest BCUT2D eigenvalue weighted by molar-refractivity contribution is -0.121. The molecular weight excluding hydrogens is 270 g/mol. The third-order valence-corrected chi connectivity index (χ3v) is 3.49. The molecule has 21 heavy (non-hydrogen) atoms. The fourth-order valence-corrected chi connectivity index (χ4v) is 2.26. The van der Waals surface area contributed by atoms with E-state index in [0.29, 0.717) is 38.4 Å². The van der Waals surface area contributed by atoms with Crippen LogP contribution in [-0.2, 0) is 4.79 Å². The summed E-state index contributed by atoms with van der Waals surface area (Å²) < 4.78 is 5.13. The lowest BCUT2D eigenvalue weighted by Gasteiger charge is -2.34. The van der Waals surface area contributed by atoms with E-state index in [1.807, 2.05) is 0 Å². The number of hydrogen-bond acceptors (Lipinski definition) is 4. The molecule has 1 aromatic rings. The summed E-state index contributed by atoms with van der Waals surface area (Å²) in [7, 11) is 0. The Morgan fingerprint density at radius 3 is 2.71 bits per heavy atom. The minimum absolute atomic E-state index is 0.0315. The molecule has 6 nitrogen and oxygen atoms in total. The van der Waals surface area contributed by atoms with Crippen molar-refractivity contribution in [1.82, 2.24) is 15.1 Å². The maximum Gasteiger partial charge on any atom is 0.289 e. The van der Waals surface area contributed by atoms with Crippen molar-refractivity contribution in [1.29, 1.82) is 0 Å². The van der Waals surface area contributed by atoms with E-state index < -0.39 is 0 Å². The lowest BCUT2D eigenvalue weighted by atomic mass is 10.2. The Kier molecular flexibility index (Phi) is 5.57. The Hall–Kier alpha value is -2.08. The molecule has 114 valence electrons. The number of furan rings is 1. The van der Waals surface area contributed by atoms with Crippen LogP contribution in [0.15, 0.2) is 35.5 Å². The second kappa shape index (κ2) is 7.64. The molecule has 0 bridgehead atoms. The molecule has 1 fully saturated rings. The summed E-state index contributed by atoms with van der Waals surface area (Å²) >= 11 is 0. The number of hydrogen-bond donors (Lipinski definition) is 1. The average Bonchev–Trinajstić information content (AvgIpc) is 3.05. The monoisotopic (exact) mass is 291 g/mol. The summed E-state index contributed by atoms with van der Waals surface area (Å²) in [5.74, 6) is 0.347. The van der Waals surface area contributed by atoms with Crippen molar-refractivity contribution in [3.05, 3.63) is 36.8 Å². The van der Waals surface area contributed by atoms with Gasteiger partial charge < -0.3 is 14.6 Å². The molecular formula is C15H21N3O3. The van der Waals surface area contributed by atoms with E-state index in [1.165, 1.54) is 6.26 Å². The minimum Gasteiger partial charge on any atom is -0.459 e. The maximum absolute atomic E-state index is 12.1. The molecule has 0 saturated carbocycles. The number of rotatable bonds is 6. The molecule has 0 aliphatic carbocycles. The molecule has 0 radical (unpaired) electrons. The largest absolute Gasteiger partial charge is 0.459 e. The Morgan fingerprint density at radius 1 is 1.33 bits per heavy atom. The van der Waals surface area contributed by atoms with E-state index in [2.05, 4.69) is 16.8 Å². The van der Waals surface area contributed by atoms with E-state index >= 15 is 0 Å². The Labute approximate surface area is 124 Å². The fourth-order valence-electron chi connectivity index (χ4n) is 2.26. The normalized spacial score (nSPS) is 15.7. The van der Waals surface area contributed by atoms with Crippen LogP contribution in [0.3, 0.4) is 0 Å². The van der Waals surface area contributed by atoms with Gasteiger partial charge in [0.05, 0.1) is 6.26 Å². The number of nitrogens with one attached hydrogen (secondary N) is 1. The van der Waals surface area contributed by atoms with Crippen LogP contribution in [0.5, 0.6) is 0 Å². The van der Waals surface area contributed by atoms with Crippen molar-refractivity contribution in [2.45, 2.75) is 6.42 Å². The molecule has 2 heterocycles. The highest BCUT2D eigenvalue weighted by Crippen LogP contribution is 2.09. The van der Waals surface area contributed by atoms with Crippen molar-refractivity contribution in [3.8, 4) is 0 Å². The summed E-state index contributed by atoms with van der Waals surface area (Å²) in [4.78, 5) is 27.6. The van der Waals surface area contributed by atoms with E-state index in [-0.39, 0.29) is 11.8 Å². The number of nitrogens with zero attached hydrogens (tertiary/aromatic N) is 2. The SMILES string of the molecule is C=CCNC(=O)CCN1CCN(C(=O)c2ccco2)CC1. The van der Waals surface area contributed by atoms with Gasteiger partial charge in [-0.05, 0) is 12.1 Å². The van der Waals surface area contributed by atoms with Crippen molar-refractivity contribution in [2.24, 2.45) is 0 Å². The first-order chi connectivity index (χ1) is 10.2. The molecule has 0 unspecified atom stereocenters. The van der Waals surface area contributed by atoms with E-state index in [4.69, 9.17) is 4.42 Å². The van der Waals surface area contributed by atoms with Crippen LogP contribution in [0.2, 0.25) is 0 Å². The number of amides is 2. The molecule has 0 spiro atoms. The fraction of sp³-hybridized carbons (Fsp3) is 0.467. The van der Waals surface area contributed by atoms with Crippen LogP contribution in [0.4, 0.5) is 0 Å². The standard InChI is InChI=1S/C15H21N3O3/c1-2-6-16-14(19)5-7-17-8-10-18(11-9-17)15(20)13-4-3-12-21-13/h2-4,12H,1,5-11H2,(H,16,19). The van der Waals surface area contributed by atoms with Gasteiger partial charge in [0.2, 0.25) is 5.91 Å². The highest BCUT2D eigenvalue weighted by molar-refractivity contribution is 5.91. The van der Waals surface area contributed by atoms with Crippen LogP contribution >= 0.6 is 0 Å². The van der Waals surface area contributed by atoms with Crippen molar-refractivity contribution < 1.29 is 14.0 Å². The second-order valence-electron chi connectivity index (χ2n) is 4.95. The van der Waals surface area contributed by atoms with Crippen LogP contribution < -0.4 is 5.32 Å². The third kappa shape index (κ3) is 4.46. The van der Waals surface area contributed by atoms with Crippen molar-refractivity contribution in [2.75, 3.05) is 39.3 Å². The smallest absolute Gasteiger partial charge is 0.289 e. The summed E-state index contributed by atoms with van der Waals surface area (Å²) in [6, 6.07) is 3.39. The van der Waals surface area contributed by atoms with Gasteiger partial charge in [0.15, 0.2) is 5.76 Å². The highest BCUT2D eigenvalue weighted by Gasteiger charge is 2.23. The zero-order valence-corrected chi connectivity index (χ0v) is 12.1. The van der Waals surface area contributed by atoms with Gasteiger partial charge in [-0.3, -0.25) is 14.5 Å². The first-order valence-corrected chi connectivity index (χ1v) is 7.13. The Morgan fingerprint density at radius 2 is 2.10 bits per heavy atom. The molecule has 6 heteroatoms. The van der Waals surface area contributed by atoms with Gasteiger partial charge in [0, 0.05) is 45.7 Å². The molecule has 1 aromatic heterocycles. The van der Waals surface area contributed by atoms with Gasteiger partial charge in [-0.2, -0.15) is 0 Å². The molecule has 0 atom stereocenters. The number of carbonyl (C=O) groups is 2. The molecule has 1 aliphatic heterocycles. The van der Waals surface area contributed by atoms with Gasteiger partial charge in [-0.1, -0.05) is 6.08 Å². The highest BCUT2D eigenvalue weighted by atomic mass is 16.3. The van der Waals surface area contributed by atoms with E-state index in [9.17, 15) is 9.59 Å². The number of carbonyl (C=O) groups excluding carboxylic acids is 2. The van der Waals surface area contributed by atoms with Crippen molar-refractivity contribution >= 4 is 11.8 Å². The molecule has 2 amide bonds. The van der Waals surface area contributed by atoms with Crippen molar-refractivity contribution in [3.63, 3.8) is 0 Å². The summed E-state index contributed by atoms with van der Waals surface area (Å²) in [6.45, 7) is 7.66. The third-order valence-electron chi connectivity index (χ3n) is 3.49. The van der Waals surface area contributed by atoms with Gasteiger partial charge >= 0.3 is 0 Å². The van der Waals surface area contributed by atoms with Crippen LogP contribution in [0.1, 0.15) is 17.0 Å². The quantitative estimate of drug-likeness (QED) is 0.785. The maximum atomic E-state index is 12.1. The van der Waals surface area contributed by atoms with E-state index in [0.717, 1.165) is 13.1 Å². The van der Waals surface area contributed by atoms with Crippen LogP contribution in [0.25, 0.3) is 0 Å². The molecule has 1 aliphatic rings. The van der Waals surface area contributed by atoms with E-state index in [1.54, 1.807) is 23.1 Å². The number of piperazine rings is 1.